The largest absolute Gasteiger partial charge is 0.493 e. The minimum atomic E-state index is -0.330. The second kappa shape index (κ2) is 6.24. The molecule has 2 saturated heterocycles. The highest BCUT2D eigenvalue weighted by Crippen LogP contribution is 2.75. The second-order valence-corrected chi connectivity index (χ2v) is 9.26. The standard InChI is InChI=1S/C25H27NO4/c1-4-18(29-24(27)14-8-6-5-7-9-14)23-25-13-17-21(25)16(26(17)2)12-15-10-11-19(28-3)22(30-23)20(15)25/h4-11,15-17,20-21,23H,12-13H2,1-3H3/b18-4+/t15?,16-,17?,20?,21-,23+,25-/m1/s1. The van der Waals surface area contributed by atoms with Crippen molar-refractivity contribution in [3.8, 4) is 0 Å². The Kier molecular flexibility index (Phi) is 3.80. The SMILES string of the molecule is C/C=C(/OC(=O)c1ccccc1)[C@@H]1OC2=C(OC)C=CC3C[C@@H]4[C@@H]5C(C[C@]15C23)N4C. The van der Waals surface area contributed by atoms with E-state index in [9.17, 15) is 4.79 Å². The van der Waals surface area contributed by atoms with Crippen LogP contribution >= 0.6 is 0 Å². The molecule has 2 heterocycles. The molecule has 3 aliphatic carbocycles. The van der Waals surface area contributed by atoms with Crippen molar-refractivity contribution < 1.29 is 19.0 Å². The van der Waals surface area contributed by atoms with Crippen molar-refractivity contribution in [3.05, 3.63) is 71.4 Å². The molecule has 5 heteroatoms. The van der Waals surface area contributed by atoms with E-state index < -0.39 is 0 Å². The highest BCUT2D eigenvalue weighted by atomic mass is 16.6. The lowest BCUT2D eigenvalue weighted by Gasteiger charge is -2.75. The molecular weight excluding hydrogens is 378 g/mol. The van der Waals surface area contributed by atoms with Gasteiger partial charge in [0.05, 0.1) is 12.7 Å². The van der Waals surface area contributed by atoms with Crippen molar-refractivity contribution >= 4 is 5.97 Å². The fourth-order valence-corrected chi connectivity index (χ4v) is 7.08. The number of piperidine rings is 1. The molecule has 30 heavy (non-hydrogen) atoms. The number of nitrogens with zero attached hydrogens (tertiary/aromatic N) is 1. The molecule has 0 bridgehead atoms. The molecule has 156 valence electrons. The summed E-state index contributed by atoms with van der Waals surface area (Å²) in [5.74, 6) is 3.41. The molecule has 6 rings (SSSR count). The first-order chi connectivity index (χ1) is 14.6. The fourth-order valence-electron chi connectivity index (χ4n) is 7.08. The lowest BCUT2D eigenvalue weighted by molar-refractivity contribution is -0.262. The van der Waals surface area contributed by atoms with Gasteiger partial charge in [-0.3, -0.25) is 4.90 Å². The Hall–Kier alpha value is -2.53. The minimum Gasteiger partial charge on any atom is -0.493 e. The molecule has 2 saturated carbocycles. The van der Waals surface area contributed by atoms with E-state index >= 15 is 0 Å². The number of hydrogen-bond donors (Lipinski definition) is 0. The van der Waals surface area contributed by atoms with Crippen LogP contribution in [0.25, 0.3) is 0 Å². The molecule has 0 N–H and O–H groups in total. The molecule has 4 fully saturated rings. The lowest BCUT2D eigenvalue weighted by Crippen LogP contribution is -2.81. The van der Waals surface area contributed by atoms with E-state index in [-0.39, 0.29) is 17.5 Å². The summed E-state index contributed by atoms with van der Waals surface area (Å²) in [5, 5.41) is 0. The molecule has 0 amide bonds. The van der Waals surface area contributed by atoms with E-state index in [1.165, 1.54) is 0 Å². The van der Waals surface area contributed by atoms with Crippen molar-refractivity contribution in [3.63, 3.8) is 0 Å². The van der Waals surface area contributed by atoms with Crippen LogP contribution in [0.15, 0.2) is 65.8 Å². The predicted octanol–water partition coefficient (Wildman–Crippen LogP) is 3.90. The summed E-state index contributed by atoms with van der Waals surface area (Å²) in [7, 11) is 3.95. The van der Waals surface area contributed by atoms with Crippen molar-refractivity contribution in [1.82, 2.24) is 4.90 Å². The number of esters is 1. The molecule has 5 nitrogen and oxygen atoms in total. The summed E-state index contributed by atoms with van der Waals surface area (Å²) in [5.41, 5.74) is 0.533. The summed E-state index contributed by atoms with van der Waals surface area (Å²) < 4.78 is 18.3. The number of ether oxygens (including phenoxy) is 3. The topological polar surface area (TPSA) is 48.0 Å². The number of carbonyl (C=O) groups excluding carboxylic acids is 1. The van der Waals surface area contributed by atoms with Gasteiger partial charge in [0.2, 0.25) is 0 Å². The first-order valence-electron chi connectivity index (χ1n) is 10.9. The molecule has 0 radical (unpaired) electrons. The minimum absolute atomic E-state index is 0.0204. The Labute approximate surface area is 177 Å². The molecule has 1 aromatic carbocycles. The first kappa shape index (κ1) is 18.3. The zero-order valence-corrected chi connectivity index (χ0v) is 17.6. The van der Waals surface area contributed by atoms with E-state index in [1.807, 2.05) is 31.2 Å². The zero-order valence-electron chi connectivity index (χ0n) is 17.6. The predicted molar refractivity (Wildman–Crippen MR) is 111 cm³/mol. The Balaban J connectivity index is 1.38. The van der Waals surface area contributed by atoms with Gasteiger partial charge < -0.3 is 14.2 Å². The third kappa shape index (κ3) is 2.09. The molecule has 5 aliphatic rings. The van der Waals surface area contributed by atoms with E-state index in [1.54, 1.807) is 19.2 Å². The van der Waals surface area contributed by atoms with Crippen LogP contribution in [-0.2, 0) is 14.2 Å². The van der Waals surface area contributed by atoms with Gasteiger partial charge in [0.1, 0.15) is 11.5 Å². The normalized spacial score (nSPS) is 40.6. The van der Waals surface area contributed by atoms with Gasteiger partial charge >= 0.3 is 5.97 Å². The zero-order chi connectivity index (χ0) is 20.6. The number of benzene rings is 1. The van der Waals surface area contributed by atoms with Gasteiger partial charge in [-0.05, 0) is 57.0 Å². The third-order valence-electron chi connectivity index (χ3n) is 8.32. The monoisotopic (exact) mass is 405 g/mol. The average molecular weight is 405 g/mol. The molecule has 2 aliphatic heterocycles. The van der Waals surface area contributed by atoms with Crippen LogP contribution in [0.4, 0.5) is 0 Å². The number of carbonyl (C=O) groups is 1. The maximum atomic E-state index is 12.8. The smallest absolute Gasteiger partial charge is 0.343 e. The molecule has 3 unspecified atom stereocenters. The number of allylic oxidation sites excluding steroid dienone is 4. The molecular formula is C25H27NO4. The molecule has 7 atom stereocenters. The lowest BCUT2D eigenvalue weighted by atomic mass is 9.37. The summed E-state index contributed by atoms with van der Waals surface area (Å²) in [6.45, 7) is 1.93. The van der Waals surface area contributed by atoms with Gasteiger partial charge in [-0.25, -0.2) is 4.79 Å². The van der Waals surface area contributed by atoms with Gasteiger partial charge in [-0.15, -0.1) is 0 Å². The maximum absolute atomic E-state index is 12.8. The van der Waals surface area contributed by atoms with Crippen molar-refractivity contribution in [2.45, 2.75) is 38.0 Å². The quantitative estimate of drug-likeness (QED) is 0.562. The van der Waals surface area contributed by atoms with Crippen LogP contribution in [0.2, 0.25) is 0 Å². The third-order valence-corrected chi connectivity index (χ3v) is 8.32. The van der Waals surface area contributed by atoms with Gasteiger partial charge in [0.25, 0.3) is 0 Å². The number of hydrogen-bond acceptors (Lipinski definition) is 5. The summed E-state index contributed by atoms with van der Waals surface area (Å²) in [6, 6.07) is 10.4. The molecule has 0 aromatic heterocycles. The van der Waals surface area contributed by atoms with Gasteiger partial charge in [0, 0.05) is 29.3 Å². The van der Waals surface area contributed by atoms with E-state index in [0.29, 0.717) is 41.2 Å². The van der Waals surface area contributed by atoms with E-state index in [0.717, 1.165) is 24.4 Å². The Bertz CT molecular complexity index is 996. The fraction of sp³-hybridized carbons (Fsp3) is 0.480. The second-order valence-electron chi connectivity index (χ2n) is 9.26. The number of rotatable bonds is 4. The summed E-state index contributed by atoms with van der Waals surface area (Å²) in [4.78, 5) is 15.4. The van der Waals surface area contributed by atoms with Crippen LogP contribution in [0.5, 0.6) is 0 Å². The van der Waals surface area contributed by atoms with Crippen LogP contribution in [0.3, 0.4) is 0 Å². The summed E-state index contributed by atoms with van der Waals surface area (Å²) in [6.07, 6.45) is 8.26. The van der Waals surface area contributed by atoms with Gasteiger partial charge in [-0.2, -0.15) is 0 Å². The van der Waals surface area contributed by atoms with Crippen molar-refractivity contribution in [1.29, 1.82) is 0 Å². The van der Waals surface area contributed by atoms with E-state index in [4.69, 9.17) is 14.2 Å². The maximum Gasteiger partial charge on any atom is 0.343 e. The first-order valence-corrected chi connectivity index (χ1v) is 10.9. The summed E-state index contributed by atoms with van der Waals surface area (Å²) >= 11 is 0. The van der Waals surface area contributed by atoms with Crippen LogP contribution < -0.4 is 0 Å². The Morgan fingerprint density at radius 1 is 1.27 bits per heavy atom. The van der Waals surface area contributed by atoms with Crippen molar-refractivity contribution in [2.75, 3.05) is 14.2 Å². The van der Waals surface area contributed by atoms with Gasteiger partial charge in [0.15, 0.2) is 11.9 Å². The number of likely N-dealkylation sites (tertiary alicyclic amines) is 1. The highest BCUT2D eigenvalue weighted by molar-refractivity contribution is 5.90. The van der Waals surface area contributed by atoms with Crippen molar-refractivity contribution in [2.24, 2.45) is 23.2 Å². The Morgan fingerprint density at radius 2 is 2.07 bits per heavy atom. The van der Waals surface area contributed by atoms with E-state index in [2.05, 4.69) is 24.1 Å². The highest BCUT2D eigenvalue weighted by Gasteiger charge is 2.79. The van der Waals surface area contributed by atoms with Crippen LogP contribution in [0.1, 0.15) is 30.1 Å². The van der Waals surface area contributed by atoms with Crippen LogP contribution in [-0.4, -0.2) is 43.2 Å². The van der Waals surface area contributed by atoms with Gasteiger partial charge in [-0.1, -0.05) is 24.3 Å². The Morgan fingerprint density at radius 3 is 2.80 bits per heavy atom. The van der Waals surface area contributed by atoms with Crippen LogP contribution in [0, 0.1) is 23.2 Å². The molecule has 1 aromatic rings. The average Bonchev–Trinajstić information content (AvgIpc) is 3.12. The number of methoxy groups -OCH3 is 1. The molecule has 1 spiro atoms.